The smallest absolute Gasteiger partial charge is 0.0196 e. The van der Waals surface area contributed by atoms with Crippen molar-refractivity contribution in [3.05, 3.63) is 94.1 Å². The van der Waals surface area contributed by atoms with Crippen LogP contribution in [-0.4, -0.2) is 0 Å². The SMILES string of the molecule is C=C(C)C1=C(C)C[C@@]2(C)[C@H](C)[C@]3(C)C(=C(C)[C@@]2(C)C1=C)C(=C)c1c(C)ccc(C(=C)C(C)C)c1[C@H]3C. The molecular weight excluding hydrogens is 432 g/mol. The Morgan fingerprint density at radius 2 is 1.58 bits per heavy atom. The molecule has 0 unspecified atom stereocenters. The van der Waals surface area contributed by atoms with E-state index in [-0.39, 0.29) is 16.2 Å². The minimum absolute atomic E-state index is 0.0382. The number of fused-ring (bicyclic) bond motifs is 3. The highest BCUT2D eigenvalue weighted by Crippen LogP contribution is 2.74. The van der Waals surface area contributed by atoms with Gasteiger partial charge in [0.1, 0.15) is 0 Å². The van der Waals surface area contributed by atoms with Crippen LogP contribution in [0.1, 0.15) is 104 Å². The van der Waals surface area contributed by atoms with Crippen LogP contribution in [0.15, 0.2) is 71.9 Å². The van der Waals surface area contributed by atoms with Crippen molar-refractivity contribution in [1.82, 2.24) is 0 Å². The maximum atomic E-state index is 4.85. The molecule has 0 saturated heterocycles. The lowest BCUT2D eigenvalue weighted by Crippen LogP contribution is -2.58. The third-order valence-electron chi connectivity index (χ3n) is 11.5. The maximum Gasteiger partial charge on any atom is 0.0196 e. The van der Waals surface area contributed by atoms with Crippen molar-refractivity contribution in [3.63, 3.8) is 0 Å². The molecule has 5 atom stereocenters. The second kappa shape index (κ2) is 8.08. The van der Waals surface area contributed by atoms with Gasteiger partial charge in [0.25, 0.3) is 0 Å². The predicted octanol–water partition coefficient (Wildman–Crippen LogP) is 10.6. The minimum atomic E-state index is -0.151. The second-order valence-corrected chi connectivity index (χ2v) is 13.2. The summed E-state index contributed by atoms with van der Waals surface area (Å²) in [5.41, 5.74) is 15.8. The molecule has 0 radical (unpaired) electrons. The summed E-state index contributed by atoms with van der Waals surface area (Å²) in [4.78, 5) is 0. The Bertz CT molecular complexity index is 1300. The normalized spacial score (nSPS) is 34.0. The molecule has 0 spiro atoms. The summed E-state index contributed by atoms with van der Waals surface area (Å²) in [5.74, 6) is 1.18. The van der Waals surface area contributed by atoms with Crippen LogP contribution in [0.4, 0.5) is 0 Å². The first-order valence-electron chi connectivity index (χ1n) is 13.8. The highest BCUT2D eigenvalue weighted by molar-refractivity contribution is 5.90. The van der Waals surface area contributed by atoms with Crippen LogP contribution in [0.5, 0.6) is 0 Å². The molecule has 192 valence electrons. The van der Waals surface area contributed by atoms with Crippen LogP contribution in [0, 0.1) is 35.0 Å². The van der Waals surface area contributed by atoms with Gasteiger partial charge in [-0.25, -0.2) is 0 Å². The van der Waals surface area contributed by atoms with E-state index in [4.69, 9.17) is 13.2 Å². The van der Waals surface area contributed by atoms with E-state index >= 15 is 0 Å². The molecule has 3 aliphatic rings. The third kappa shape index (κ3) is 2.94. The van der Waals surface area contributed by atoms with Gasteiger partial charge in [0.2, 0.25) is 0 Å². The van der Waals surface area contributed by atoms with E-state index in [9.17, 15) is 0 Å². The van der Waals surface area contributed by atoms with Crippen LogP contribution >= 0.6 is 0 Å². The third-order valence-corrected chi connectivity index (χ3v) is 11.5. The zero-order valence-electron chi connectivity index (χ0n) is 24.9. The monoisotopic (exact) mass is 480 g/mol. The van der Waals surface area contributed by atoms with Gasteiger partial charge in [0, 0.05) is 10.8 Å². The van der Waals surface area contributed by atoms with E-state index in [0.29, 0.717) is 17.8 Å². The number of hydrogen-bond donors (Lipinski definition) is 0. The van der Waals surface area contributed by atoms with Gasteiger partial charge in [-0.2, -0.15) is 0 Å². The topological polar surface area (TPSA) is 0 Å². The molecule has 0 N–H and O–H groups in total. The highest BCUT2D eigenvalue weighted by atomic mass is 14.7. The van der Waals surface area contributed by atoms with Crippen LogP contribution < -0.4 is 0 Å². The fourth-order valence-corrected chi connectivity index (χ4v) is 8.80. The number of hydrogen-bond acceptors (Lipinski definition) is 0. The molecule has 0 aliphatic heterocycles. The molecular formula is C36H48. The van der Waals surface area contributed by atoms with Gasteiger partial charge in [0.15, 0.2) is 0 Å². The largest absolute Gasteiger partial charge is 0.0955 e. The molecule has 0 bridgehead atoms. The van der Waals surface area contributed by atoms with Crippen molar-refractivity contribution < 1.29 is 0 Å². The number of allylic oxidation sites excluding steroid dienone is 8. The first-order valence-corrected chi connectivity index (χ1v) is 13.8. The summed E-state index contributed by atoms with van der Waals surface area (Å²) in [7, 11) is 0. The average molecular weight is 481 g/mol. The van der Waals surface area contributed by atoms with Crippen molar-refractivity contribution in [1.29, 1.82) is 0 Å². The zero-order chi connectivity index (χ0) is 27.3. The molecule has 0 heterocycles. The fraction of sp³-hybridized carbons (Fsp3) is 0.500. The Labute approximate surface area is 221 Å². The van der Waals surface area contributed by atoms with Crippen LogP contribution in [0.3, 0.4) is 0 Å². The Balaban J connectivity index is 2.12. The molecule has 0 aromatic heterocycles. The quantitative estimate of drug-likeness (QED) is 0.403. The van der Waals surface area contributed by atoms with Crippen LogP contribution in [0.25, 0.3) is 11.1 Å². The molecule has 1 aromatic rings. The molecule has 0 amide bonds. The molecule has 0 fully saturated rings. The lowest BCUT2D eigenvalue weighted by molar-refractivity contribution is -0.0261. The van der Waals surface area contributed by atoms with E-state index in [0.717, 1.165) is 12.0 Å². The fourth-order valence-electron chi connectivity index (χ4n) is 8.80. The highest BCUT2D eigenvalue weighted by Gasteiger charge is 2.65. The predicted molar refractivity (Wildman–Crippen MR) is 160 cm³/mol. The molecule has 1 aromatic carbocycles. The lowest BCUT2D eigenvalue weighted by Gasteiger charge is -2.67. The van der Waals surface area contributed by atoms with Crippen molar-refractivity contribution in [3.8, 4) is 0 Å². The van der Waals surface area contributed by atoms with Crippen molar-refractivity contribution in [2.75, 3.05) is 0 Å². The minimum Gasteiger partial charge on any atom is -0.0955 e. The van der Waals surface area contributed by atoms with E-state index in [1.54, 1.807) is 0 Å². The van der Waals surface area contributed by atoms with Crippen molar-refractivity contribution >= 4 is 11.1 Å². The van der Waals surface area contributed by atoms with Crippen LogP contribution in [0.2, 0.25) is 0 Å². The van der Waals surface area contributed by atoms with E-state index in [1.807, 2.05) is 0 Å². The van der Waals surface area contributed by atoms with Gasteiger partial charge in [-0.15, -0.1) is 0 Å². The Kier molecular flexibility index (Phi) is 5.99. The standard InChI is InChI=1S/C36H48/c1-19(2)23(7)29-17-16-21(5)31-24(8)33-27(11)36(15)26(10)30(20(3)4)22(6)18-34(36,13)28(12)35(33,14)25(9)32(29)31/h16-17,19,25,28H,3,7-8,10,18H2,1-2,4-6,9,11-15H3/t25-,28+,34+,35-,36-/m1/s1. The van der Waals surface area contributed by atoms with Gasteiger partial charge in [-0.3, -0.25) is 0 Å². The molecule has 3 aliphatic carbocycles. The Morgan fingerprint density at radius 1 is 1.00 bits per heavy atom. The number of rotatable bonds is 3. The summed E-state index contributed by atoms with van der Waals surface area (Å²) in [6, 6.07) is 4.60. The molecule has 0 nitrogen and oxygen atoms in total. The van der Waals surface area contributed by atoms with Gasteiger partial charge in [0.05, 0.1) is 0 Å². The van der Waals surface area contributed by atoms with Crippen molar-refractivity contribution in [2.24, 2.45) is 28.1 Å². The summed E-state index contributed by atoms with van der Waals surface area (Å²) in [5, 5.41) is 0. The van der Waals surface area contributed by atoms with Crippen LogP contribution in [-0.2, 0) is 0 Å². The molecule has 4 rings (SSSR count). The van der Waals surface area contributed by atoms with E-state index < -0.39 is 0 Å². The Hall–Kier alpha value is -2.34. The summed E-state index contributed by atoms with van der Waals surface area (Å²) >= 11 is 0. The van der Waals surface area contributed by atoms with Crippen molar-refractivity contribution in [2.45, 2.75) is 88.5 Å². The number of aryl methyl sites for hydroxylation is 1. The maximum absolute atomic E-state index is 4.85. The molecule has 0 heteroatoms. The zero-order valence-corrected chi connectivity index (χ0v) is 24.9. The van der Waals surface area contributed by atoms with E-state index in [2.05, 4.69) is 101 Å². The summed E-state index contributed by atoms with van der Waals surface area (Å²) < 4.78 is 0. The molecule has 36 heavy (non-hydrogen) atoms. The lowest BCUT2D eigenvalue weighted by atomic mass is 9.36. The summed E-state index contributed by atoms with van der Waals surface area (Å²) in [6.45, 7) is 44.6. The van der Waals surface area contributed by atoms with Gasteiger partial charge >= 0.3 is 0 Å². The van der Waals surface area contributed by atoms with Gasteiger partial charge in [-0.1, -0.05) is 104 Å². The average Bonchev–Trinajstić information content (AvgIpc) is 2.78. The van der Waals surface area contributed by atoms with E-state index in [1.165, 1.54) is 61.3 Å². The van der Waals surface area contributed by atoms with Gasteiger partial charge < -0.3 is 0 Å². The first kappa shape index (κ1) is 26.7. The Morgan fingerprint density at radius 3 is 2.11 bits per heavy atom. The number of benzene rings is 1. The second-order valence-electron chi connectivity index (χ2n) is 13.2. The first-order chi connectivity index (χ1) is 16.5. The molecule has 0 saturated carbocycles. The summed E-state index contributed by atoms with van der Waals surface area (Å²) in [6.07, 6.45) is 1.07. The van der Waals surface area contributed by atoms with Gasteiger partial charge in [-0.05, 0) is 107 Å².